The smallest absolute Gasteiger partial charge is 0.444 e. The van der Waals surface area contributed by atoms with Crippen molar-refractivity contribution in [2.24, 2.45) is 0 Å². The van der Waals surface area contributed by atoms with E-state index in [1.54, 1.807) is 26.1 Å². The monoisotopic (exact) mass is 371 g/mol. The molecule has 0 radical (unpaired) electrons. The minimum atomic E-state index is -4.96. The molecule has 0 atom stereocenters. The van der Waals surface area contributed by atoms with Gasteiger partial charge in [-0.1, -0.05) is 0 Å². The number of rotatable bonds is 9. The molecule has 0 aliphatic rings. The number of hydrogen-bond acceptors (Lipinski definition) is 5. The second kappa shape index (κ2) is 10.7. The molecule has 0 aliphatic carbocycles. The largest absolute Gasteiger partial charge is 0.471 e. The van der Waals surface area contributed by atoms with E-state index in [0.717, 1.165) is 0 Å². The Balaban J connectivity index is 3.55. The second-order valence-corrected chi connectivity index (χ2v) is 5.89. The second-order valence-electron chi connectivity index (χ2n) is 5.89. The molecule has 11 heteroatoms. The zero-order valence-corrected chi connectivity index (χ0v) is 14.4. The number of alkyl halides is 3. The van der Waals surface area contributed by atoms with Crippen LogP contribution >= 0.6 is 0 Å². The number of ether oxygens (including phenoxy) is 2. The molecule has 0 aromatic heterocycles. The fraction of sp³-hybridized carbons (Fsp3) is 0.786. The van der Waals surface area contributed by atoms with E-state index in [1.165, 1.54) is 0 Å². The molecule has 3 amide bonds. The van der Waals surface area contributed by atoms with E-state index in [4.69, 9.17) is 9.47 Å². The van der Waals surface area contributed by atoms with Crippen molar-refractivity contribution in [3.63, 3.8) is 0 Å². The molecule has 0 bridgehead atoms. The first-order valence-corrected chi connectivity index (χ1v) is 7.58. The van der Waals surface area contributed by atoms with Crippen LogP contribution in [0, 0.1) is 0 Å². The van der Waals surface area contributed by atoms with Gasteiger partial charge in [0.25, 0.3) is 0 Å². The Morgan fingerprint density at radius 1 is 0.880 bits per heavy atom. The van der Waals surface area contributed by atoms with Gasteiger partial charge in [-0.15, -0.1) is 0 Å². The minimum absolute atomic E-state index is 0.151. The summed E-state index contributed by atoms with van der Waals surface area (Å²) in [6.45, 7) is 5.55. The molecule has 25 heavy (non-hydrogen) atoms. The minimum Gasteiger partial charge on any atom is -0.444 e. The van der Waals surface area contributed by atoms with Gasteiger partial charge in [-0.2, -0.15) is 13.2 Å². The van der Waals surface area contributed by atoms with Crippen LogP contribution in [0.25, 0.3) is 0 Å². The Labute approximate surface area is 143 Å². The normalized spacial score (nSPS) is 11.6. The van der Waals surface area contributed by atoms with Crippen molar-refractivity contribution < 1.29 is 37.0 Å². The van der Waals surface area contributed by atoms with Gasteiger partial charge < -0.3 is 25.4 Å². The molecule has 0 aromatic carbocycles. The average molecular weight is 371 g/mol. The van der Waals surface area contributed by atoms with Crippen molar-refractivity contribution in [2.75, 3.05) is 32.8 Å². The van der Waals surface area contributed by atoms with Crippen molar-refractivity contribution in [3.05, 3.63) is 0 Å². The van der Waals surface area contributed by atoms with Gasteiger partial charge in [-0.25, -0.2) is 4.79 Å². The van der Waals surface area contributed by atoms with Gasteiger partial charge in [-0.05, 0) is 20.8 Å². The van der Waals surface area contributed by atoms with Gasteiger partial charge in [0.1, 0.15) is 5.60 Å². The summed E-state index contributed by atoms with van der Waals surface area (Å²) in [7, 11) is 0. The molecule has 3 N–H and O–H groups in total. The molecule has 0 saturated heterocycles. The van der Waals surface area contributed by atoms with Crippen LogP contribution in [-0.2, 0) is 19.1 Å². The summed E-state index contributed by atoms with van der Waals surface area (Å²) >= 11 is 0. The summed E-state index contributed by atoms with van der Waals surface area (Å²) < 4.78 is 45.8. The standard InChI is InChI=1S/C14H24F3N3O5/c1-13(2,3)25-12(23)20-7-9-24-8-6-18-10(21)4-5-19-11(22)14(15,16)17/h4-9H2,1-3H3,(H,18,21)(H,19,22)(H,20,23). The maximum atomic E-state index is 11.9. The molecule has 8 nitrogen and oxygen atoms in total. The highest BCUT2D eigenvalue weighted by molar-refractivity contribution is 5.82. The summed E-state index contributed by atoms with van der Waals surface area (Å²) in [5.74, 6) is -2.60. The lowest BCUT2D eigenvalue weighted by atomic mass is 10.2. The number of hydrogen-bond donors (Lipinski definition) is 3. The highest BCUT2D eigenvalue weighted by Crippen LogP contribution is 2.13. The van der Waals surface area contributed by atoms with Crippen molar-refractivity contribution >= 4 is 17.9 Å². The fourth-order valence-electron chi connectivity index (χ4n) is 1.38. The Morgan fingerprint density at radius 3 is 1.96 bits per heavy atom. The summed E-state index contributed by atoms with van der Waals surface area (Å²) in [4.78, 5) is 33.1. The number of carbonyl (C=O) groups is 3. The third kappa shape index (κ3) is 14.0. The molecule has 0 heterocycles. The van der Waals surface area contributed by atoms with E-state index in [0.29, 0.717) is 0 Å². The maximum absolute atomic E-state index is 11.9. The summed E-state index contributed by atoms with van der Waals surface area (Å²) in [5, 5.41) is 6.49. The Bertz CT molecular complexity index is 450. The number of amides is 3. The number of nitrogens with one attached hydrogen (secondary N) is 3. The van der Waals surface area contributed by atoms with E-state index >= 15 is 0 Å². The maximum Gasteiger partial charge on any atom is 0.471 e. The molecular weight excluding hydrogens is 347 g/mol. The number of halogens is 3. The summed E-state index contributed by atoms with van der Waals surface area (Å²) in [5.41, 5.74) is -0.589. The zero-order chi connectivity index (χ0) is 19.5. The van der Waals surface area contributed by atoms with Crippen molar-refractivity contribution in [3.8, 4) is 0 Å². The third-order valence-corrected chi connectivity index (χ3v) is 2.38. The van der Waals surface area contributed by atoms with Gasteiger partial charge in [0.15, 0.2) is 0 Å². The zero-order valence-electron chi connectivity index (χ0n) is 14.4. The first kappa shape index (κ1) is 23.0. The van der Waals surface area contributed by atoms with Gasteiger partial charge in [0.05, 0.1) is 13.2 Å². The number of alkyl carbamates (subject to hydrolysis) is 1. The molecule has 0 rings (SSSR count). The van der Waals surface area contributed by atoms with E-state index in [9.17, 15) is 27.6 Å². The van der Waals surface area contributed by atoms with Crippen LogP contribution in [0.3, 0.4) is 0 Å². The van der Waals surface area contributed by atoms with Crippen LogP contribution in [0.5, 0.6) is 0 Å². The van der Waals surface area contributed by atoms with Crippen LogP contribution < -0.4 is 16.0 Å². The van der Waals surface area contributed by atoms with E-state index in [-0.39, 0.29) is 32.7 Å². The van der Waals surface area contributed by atoms with Gasteiger partial charge in [0, 0.05) is 26.1 Å². The van der Waals surface area contributed by atoms with Crippen LogP contribution in [0.15, 0.2) is 0 Å². The van der Waals surface area contributed by atoms with Gasteiger partial charge in [-0.3, -0.25) is 9.59 Å². The molecule has 0 spiro atoms. The SMILES string of the molecule is CC(C)(C)OC(=O)NCCOCCNC(=O)CCNC(=O)C(F)(F)F. The Kier molecular flexibility index (Phi) is 9.87. The highest BCUT2D eigenvalue weighted by atomic mass is 19.4. The van der Waals surface area contributed by atoms with Gasteiger partial charge >= 0.3 is 18.2 Å². The molecule has 0 aliphatic heterocycles. The first-order valence-electron chi connectivity index (χ1n) is 7.58. The molecule has 0 fully saturated rings. The number of carbonyl (C=O) groups excluding carboxylic acids is 3. The lowest BCUT2D eigenvalue weighted by molar-refractivity contribution is -0.173. The van der Waals surface area contributed by atoms with E-state index < -0.39 is 36.2 Å². The van der Waals surface area contributed by atoms with Crippen molar-refractivity contribution in [1.29, 1.82) is 0 Å². The molecule has 146 valence electrons. The summed E-state index contributed by atoms with van der Waals surface area (Å²) in [6, 6.07) is 0. The van der Waals surface area contributed by atoms with Crippen LogP contribution in [0.4, 0.5) is 18.0 Å². The van der Waals surface area contributed by atoms with Crippen LogP contribution in [-0.4, -0.2) is 62.5 Å². The third-order valence-electron chi connectivity index (χ3n) is 2.38. The van der Waals surface area contributed by atoms with Gasteiger partial charge in [0.2, 0.25) is 5.91 Å². The Hall–Kier alpha value is -2.04. The topological polar surface area (TPSA) is 106 Å². The molecule has 0 unspecified atom stereocenters. The summed E-state index contributed by atoms with van der Waals surface area (Å²) in [6.07, 6.45) is -5.80. The van der Waals surface area contributed by atoms with Crippen LogP contribution in [0.1, 0.15) is 27.2 Å². The van der Waals surface area contributed by atoms with E-state index in [2.05, 4.69) is 10.6 Å². The molecule has 0 aromatic rings. The predicted molar refractivity (Wildman–Crippen MR) is 81.7 cm³/mol. The van der Waals surface area contributed by atoms with Crippen molar-refractivity contribution in [1.82, 2.24) is 16.0 Å². The predicted octanol–water partition coefficient (Wildman–Crippen LogP) is 0.713. The highest BCUT2D eigenvalue weighted by Gasteiger charge is 2.38. The van der Waals surface area contributed by atoms with Crippen LogP contribution in [0.2, 0.25) is 0 Å². The lowest BCUT2D eigenvalue weighted by Gasteiger charge is -2.19. The fourth-order valence-corrected chi connectivity index (χ4v) is 1.38. The molecular formula is C14H24F3N3O5. The first-order chi connectivity index (χ1) is 11.4. The Morgan fingerprint density at radius 2 is 1.44 bits per heavy atom. The lowest BCUT2D eigenvalue weighted by Crippen LogP contribution is -2.39. The van der Waals surface area contributed by atoms with E-state index in [1.807, 2.05) is 0 Å². The molecule has 0 saturated carbocycles. The van der Waals surface area contributed by atoms with Crippen molar-refractivity contribution in [2.45, 2.75) is 39.0 Å². The quantitative estimate of drug-likeness (QED) is 0.518. The average Bonchev–Trinajstić information content (AvgIpc) is 2.43.